The average molecular weight is 330 g/mol. The van der Waals surface area contributed by atoms with E-state index in [9.17, 15) is 14.0 Å². The zero-order valence-electron chi connectivity index (χ0n) is 13.6. The standard InChI is InChI=1S/C18H19FN2O3/c1-13(22)21(16-8-6-15(19)7-9-16)11-10-20-18(23)14-4-3-5-17(12-14)24-2/h3-9,12H,10-11H2,1-2H3,(H,20,23). The lowest BCUT2D eigenvalue weighted by Gasteiger charge is -2.21. The Morgan fingerprint density at radius 1 is 1.17 bits per heavy atom. The molecular formula is C18H19FN2O3. The van der Waals surface area contributed by atoms with Crippen molar-refractivity contribution in [2.75, 3.05) is 25.1 Å². The SMILES string of the molecule is COc1cccc(C(=O)NCCN(C(C)=O)c2ccc(F)cc2)c1. The number of nitrogens with zero attached hydrogens (tertiary/aromatic N) is 1. The van der Waals surface area contributed by atoms with Gasteiger partial charge in [0.15, 0.2) is 0 Å². The van der Waals surface area contributed by atoms with Crippen LogP contribution in [0.1, 0.15) is 17.3 Å². The fraction of sp³-hybridized carbons (Fsp3) is 0.222. The Morgan fingerprint density at radius 2 is 1.88 bits per heavy atom. The number of halogens is 1. The third-order valence-electron chi connectivity index (χ3n) is 3.47. The Balaban J connectivity index is 1.96. The van der Waals surface area contributed by atoms with Crippen LogP contribution in [0.2, 0.25) is 0 Å². The Hall–Kier alpha value is -2.89. The predicted molar refractivity (Wildman–Crippen MR) is 89.8 cm³/mol. The minimum atomic E-state index is -0.367. The maximum atomic E-state index is 13.0. The highest BCUT2D eigenvalue weighted by atomic mass is 19.1. The highest BCUT2D eigenvalue weighted by molar-refractivity contribution is 5.95. The number of rotatable bonds is 6. The molecule has 0 aliphatic carbocycles. The minimum Gasteiger partial charge on any atom is -0.497 e. The van der Waals surface area contributed by atoms with Gasteiger partial charge < -0.3 is 15.0 Å². The van der Waals surface area contributed by atoms with E-state index in [1.807, 2.05) is 0 Å². The van der Waals surface area contributed by atoms with Crippen molar-refractivity contribution < 1.29 is 18.7 Å². The molecule has 2 amide bonds. The zero-order chi connectivity index (χ0) is 17.5. The lowest BCUT2D eigenvalue weighted by atomic mass is 10.2. The van der Waals surface area contributed by atoms with Gasteiger partial charge >= 0.3 is 0 Å². The number of amides is 2. The van der Waals surface area contributed by atoms with Crippen molar-refractivity contribution in [1.82, 2.24) is 5.32 Å². The average Bonchev–Trinajstić information content (AvgIpc) is 2.59. The molecule has 0 saturated heterocycles. The molecule has 2 aromatic rings. The summed E-state index contributed by atoms with van der Waals surface area (Å²) in [7, 11) is 1.53. The fourth-order valence-electron chi connectivity index (χ4n) is 2.24. The van der Waals surface area contributed by atoms with E-state index in [0.717, 1.165) is 0 Å². The predicted octanol–water partition coefficient (Wildman–Crippen LogP) is 2.62. The summed E-state index contributed by atoms with van der Waals surface area (Å²) in [5.74, 6) is -0.207. The molecule has 0 aliphatic rings. The van der Waals surface area contributed by atoms with Gasteiger partial charge in [-0.25, -0.2) is 4.39 Å². The molecule has 0 radical (unpaired) electrons. The van der Waals surface area contributed by atoms with Gasteiger partial charge in [-0.05, 0) is 42.5 Å². The Bertz CT molecular complexity index is 716. The number of ether oxygens (including phenoxy) is 1. The van der Waals surface area contributed by atoms with Gasteiger partial charge in [0.25, 0.3) is 5.91 Å². The summed E-state index contributed by atoms with van der Waals surface area (Å²) in [5, 5.41) is 2.75. The van der Waals surface area contributed by atoms with E-state index in [0.29, 0.717) is 17.0 Å². The van der Waals surface area contributed by atoms with E-state index in [2.05, 4.69) is 5.32 Å². The Morgan fingerprint density at radius 3 is 2.50 bits per heavy atom. The molecular weight excluding hydrogens is 311 g/mol. The molecule has 0 aliphatic heterocycles. The van der Waals surface area contributed by atoms with Gasteiger partial charge in [-0.1, -0.05) is 6.07 Å². The second-order valence-electron chi connectivity index (χ2n) is 5.13. The van der Waals surface area contributed by atoms with Gasteiger partial charge in [-0.15, -0.1) is 0 Å². The third-order valence-corrected chi connectivity index (χ3v) is 3.47. The maximum Gasteiger partial charge on any atom is 0.251 e. The number of methoxy groups -OCH3 is 1. The van der Waals surface area contributed by atoms with Crippen molar-refractivity contribution in [2.24, 2.45) is 0 Å². The maximum absolute atomic E-state index is 13.0. The number of hydrogen-bond donors (Lipinski definition) is 1. The normalized spacial score (nSPS) is 10.1. The van der Waals surface area contributed by atoms with Crippen LogP contribution < -0.4 is 15.0 Å². The van der Waals surface area contributed by atoms with Crippen molar-refractivity contribution in [3.8, 4) is 5.75 Å². The van der Waals surface area contributed by atoms with Gasteiger partial charge in [0.2, 0.25) is 5.91 Å². The number of nitrogens with one attached hydrogen (secondary N) is 1. The lowest BCUT2D eigenvalue weighted by molar-refractivity contribution is -0.116. The number of carbonyl (C=O) groups excluding carboxylic acids is 2. The molecule has 0 spiro atoms. The van der Waals surface area contributed by atoms with Crippen LogP contribution in [-0.2, 0) is 4.79 Å². The number of hydrogen-bond acceptors (Lipinski definition) is 3. The van der Waals surface area contributed by atoms with E-state index >= 15 is 0 Å². The second kappa shape index (κ2) is 8.10. The number of anilines is 1. The molecule has 0 bridgehead atoms. The summed E-state index contributed by atoms with van der Waals surface area (Å²) in [6, 6.07) is 12.4. The molecule has 0 heterocycles. The largest absolute Gasteiger partial charge is 0.497 e. The molecule has 0 fully saturated rings. The first-order chi connectivity index (χ1) is 11.5. The highest BCUT2D eigenvalue weighted by Gasteiger charge is 2.12. The summed E-state index contributed by atoms with van der Waals surface area (Å²) in [6.07, 6.45) is 0. The topological polar surface area (TPSA) is 58.6 Å². The second-order valence-corrected chi connectivity index (χ2v) is 5.13. The van der Waals surface area contributed by atoms with Crippen LogP contribution in [0, 0.1) is 5.82 Å². The summed E-state index contributed by atoms with van der Waals surface area (Å²) in [6.45, 7) is 1.98. The van der Waals surface area contributed by atoms with E-state index in [1.54, 1.807) is 24.3 Å². The molecule has 6 heteroatoms. The molecule has 5 nitrogen and oxygen atoms in total. The zero-order valence-corrected chi connectivity index (χ0v) is 13.6. The molecule has 0 saturated carbocycles. The Kier molecular flexibility index (Phi) is 5.89. The number of carbonyl (C=O) groups is 2. The lowest BCUT2D eigenvalue weighted by Crippen LogP contribution is -2.37. The van der Waals surface area contributed by atoms with Gasteiger partial charge in [0.1, 0.15) is 11.6 Å². The molecule has 0 atom stereocenters. The molecule has 0 unspecified atom stereocenters. The van der Waals surface area contributed by atoms with Gasteiger partial charge in [0, 0.05) is 31.3 Å². The summed E-state index contributed by atoms with van der Waals surface area (Å²) in [5.41, 5.74) is 1.06. The van der Waals surface area contributed by atoms with Crippen molar-refractivity contribution in [1.29, 1.82) is 0 Å². The van der Waals surface area contributed by atoms with Crippen LogP contribution in [0.3, 0.4) is 0 Å². The van der Waals surface area contributed by atoms with Crippen LogP contribution in [0.5, 0.6) is 5.75 Å². The molecule has 24 heavy (non-hydrogen) atoms. The van der Waals surface area contributed by atoms with Crippen LogP contribution in [0.4, 0.5) is 10.1 Å². The van der Waals surface area contributed by atoms with E-state index in [4.69, 9.17) is 4.74 Å². The van der Waals surface area contributed by atoms with Gasteiger partial charge in [-0.3, -0.25) is 9.59 Å². The van der Waals surface area contributed by atoms with Crippen LogP contribution >= 0.6 is 0 Å². The van der Waals surface area contributed by atoms with E-state index in [1.165, 1.54) is 43.2 Å². The summed E-state index contributed by atoms with van der Waals surface area (Å²) >= 11 is 0. The molecule has 126 valence electrons. The van der Waals surface area contributed by atoms with Crippen molar-refractivity contribution in [3.63, 3.8) is 0 Å². The van der Waals surface area contributed by atoms with Crippen LogP contribution in [0.15, 0.2) is 48.5 Å². The number of benzene rings is 2. The van der Waals surface area contributed by atoms with Gasteiger partial charge in [-0.2, -0.15) is 0 Å². The van der Waals surface area contributed by atoms with Crippen LogP contribution in [0.25, 0.3) is 0 Å². The van der Waals surface area contributed by atoms with Crippen molar-refractivity contribution in [3.05, 3.63) is 59.9 Å². The third kappa shape index (κ3) is 4.55. The minimum absolute atomic E-state index is 0.183. The summed E-state index contributed by atoms with van der Waals surface area (Å²) < 4.78 is 18.1. The highest BCUT2D eigenvalue weighted by Crippen LogP contribution is 2.15. The molecule has 1 N–H and O–H groups in total. The van der Waals surface area contributed by atoms with E-state index < -0.39 is 0 Å². The van der Waals surface area contributed by atoms with Gasteiger partial charge in [0.05, 0.1) is 7.11 Å². The Labute approximate surface area is 140 Å². The smallest absolute Gasteiger partial charge is 0.251 e. The first-order valence-corrected chi connectivity index (χ1v) is 7.47. The quantitative estimate of drug-likeness (QED) is 0.886. The van der Waals surface area contributed by atoms with E-state index in [-0.39, 0.29) is 30.7 Å². The molecule has 2 rings (SSSR count). The first-order valence-electron chi connectivity index (χ1n) is 7.47. The van der Waals surface area contributed by atoms with Crippen LogP contribution in [-0.4, -0.2) is 32.0 Å². The van der Waals surface area contributed by atoms with Crippen molar-refractivity contribution >= 4 is 17.5 Å². The molecule has 0 aromatic heterocycles. The summed E-state index contributed by atoms with van der Waals surface area (Å²) in [4.78, 5) is 25.4. The molecule has 2 aromatic carbocycles. The fourth-order valence-corrected chi connectivity index (χ4v) is 2.24. The monoisotopic (exact) mass is 330 g/mol. The first kappa shape index (κ1) is 17.5. The van der Waals surface area contributed by atoms with Crippen molar-refractivity contribution in [2.45, 2.75) is 6.92 Å².